The number of benzene rings is 2. The minimum absolute atomic E-state index is 0.0622. The van der Waals surface area contributed by atoms with Crippen LogP contribution in [-0.2, 0) is 4.79 Å². The summed E-state index contributed by atoms with van der Waals surface area (Å²) in [5, 5.41) is 6.27. The number of aryl methyl sites for hydroxylation is 1. The highest BCUT2D eigenvalue weighted by atomic mass is 19.1. The Bertz CT molecular complexity index is 1480. The highest BCUT2D eigenvalue weighted by Crippen LogP contribution is 2.26. The molecule has 212 valence electrons. The van der Waals surface area contributed by atoms with Gasteiger partial charge in [0.1, 0.15) is 23.4 Å². The van der Waals surface area contributed by atoms with Gasteiger partial charge in [-0.2, -0.15) is 0 Å². The van der Waals surface area contributed by atoms with E-state index in [4.69, 9.17) is 4.74 Å². The second-order valence-corrected chi connectivity index (χ2v) is 9.70. The average Bonchev–Trinajstić information content (AvgIpc) is 3.43. The van der Waals surface area contributed by atoms with Gasteiger partial charge in [0.15, 0.2) is 0 Å². The predicted octanol–water partition coefficient (Wildman–Crippen LogP) is 6.44. The summed E-state index contributed by atoms with van der Waals surface area (Å²) in [4.78, 5) is 22.6. The van der Waals surface area contributed by atoms with E-state index in [-0.39, 0.29) is 17.6 Å². The maximum absolute atomic E-state index is 13.6. The number of carbonyl (C=O) groups is 1. The first-order valence-corrected chi connectivity index (χ1v) is 13.6. The third kappa shape index (κ3) is 7.69. The summed E-state index contributed by atoms with van der Waals surface area (Å²) in [5.41, 5.74) is 4.09. The summed E-state index contributed by atoms with van der Waals surface area (Å²) >= 11 is 0. The minimum atomic E-state index is -0.757. The number of aliphatic imine (C=N–C) groups is 1. The van der Waals surface area contributed by atoms with Gasteiger partial charge in [0.25, 0.3) is 5.91 Å². The molecule has 2 aromatic carbocycles. The van der Waals surface area contributed by atoms with E-state index in [0.717, 1.165) is 35.5 Å². The van der Waals surface area contributed by atoms with Gasteiger partial charge >= 0.3 is 0 Å². The van der Waals surface area contributed by atoms with Crippen molar-refractivity contribution < 1.29 is 13.9 Å². The average molecular weight is 554 g/mol. The molecule has 0 radical (unpaired) electrons. The highest BCUT2D eigenvalue weighted by molar-refractivity contribution is 6.04. The zero-order chi connectivity index (χ0) is 29.2. The summed E-state index contributed by atoms with van der Waals surface area (Å²) in [6, 6.07) is 11.1. The van der Waals surface area contributed by atoms with E-state index >= 15 is 0 Å². The normalized spacial score (nSPS) is 16.4. The first kappa shape index (κ1) is 29.3. The Hall–Kier alpha value is -4.72. The van der Waals surface area contributed by atoms with Gasteiger partial charge in [-0.25, -0.2) is 9.37 Å². The van der Waals surface area contributed by atoms with Crippen LogP contribution in [0, 0.1) is 18.7 Å². The molecular weight excluding hydrogens is 517 g/mol. The first-order chi connectivity index (χ1) is 19.9. The van der Waals surface area contributed by atoms with E-state index in [1.165, 1.54) is 12.1 Å². The number of carbonyl (C=O) groups excluding carboxylic acids is 1. The van der Waals surface area contributed by atoms with Crippen LogP contribution >= 0.6 is 0 Å². The summed E-state index contributed by atoms with van der Waals surface area (Å²) in [5.74, 6) is 0.670. The quantitative estimate of drug-likeness (QED) is 0.283. The zero-order valence-electron chi connectivity index (χ0n) is 23.7. The third-order valence-corrected chi connectivity index (χ3v) is 6.74. The van der Waals surface area contributed by atoms with Crippen molar-refractivity contribution in [1.29, 1.82) is 0 Å². The van der Waals surface area contributed by atoms with Crippen LogP contribution in [0.1, 0.15) is 31.0 Å². The molecule has 2 unspecified atom stereocenters. The Morgan fingerprint density at radius 2 is 2.05 bits per heavy atom. The lowest BCUT2D eigenvalue weighted by Gasteiger charge is -2.25. The van der Waals surface area contributed by atoms with Crippen molar-refractivity contribution in [1.82, 2.24) is 14.9 Å². The van der Waals surface area contributed by atoms with Gasteiger partial charge in [-0.15, -0.1) is 0 Å². The molecule has 8 heteroatoms. The smallest absolute Gasteiger partial charge is 0.252 e. The number of hydrogen-bond donors (Lipinski definition) is 2. The van der Waals surface area contributed by atoms with Crippen molar-refractivity contribution >= 4 is 23.5 Å². The van der Waals surface area contributed by atoms with Crippen LogP contribution in [0.5, 0.6) is 5.75 Å². The SMILES string of the molecule is C=C/C(=C\C=C/C)C(Nc1ccc(F)cc1)C(=O)NC1=NCCCC1C=Cc1ccc(-n2cnc(C)c2)c(OC)c1. The predicted molar refractivity (Wildman–Crippen MR) is 164 cm³/mol. The third-order valence-electron chi connectivity index (χ3n) is 6.74. The van der Waals surface area contributed by atoms with Crippen molar-refractivity contribution in [3.8, 4) is 11.4 Å². The molecule has 1 amide bonds. The number of methoxy groups -OCH3 is 1. The number of nitrogens with zero attached hydrogens (tertiary/aromatic N) is 3. The number of halogens is 1. The number of nitrogens with one attached hydrogen (secondary N) is 2. The monoisotopic (exact) mass is 553 g/mol. The van der Waals surface area contributed by atoms with Crippen LogP contribution in [0.2, 0.25) is 0 Å². The summed E-state index contributed by atoms with van der Waals surface area (Å²) in [6.45, 7) is 8.39. The van der Waals surface area contributed by atoms with E-state index in [9.17, 15) is 9.18 Å². The maximum atomic E-state index is 13.6. The van der Waals surface area contributed by atoms with Gasteiger partial charge in [-0.05, 0) is 74.2 Å². The molecule has 1 aliphatic heterocycles. The second kappa shape index (κ2) is 14.1. The fraction of sp³-hybridized carbons (Fsp3) is 0.242. The van der Waals surface area contributed by atoms with E-state index in [2.05, 4.69) is 33.3 Å². The Balaban J connectivity index is 1.54. The number of anilines is 1. The topological polar surface area (TPSA) is 80.5 Å². The Morgan fingerprint density at radius 3 is 2.73 bits per heavy atom. The number of aromatic nitrogens is 2. The van der Waals surface area contributed by atoms with Crippen molar-refractivity contribution in [3.05, 3.63) is 115 Å². The number of rotatable bonds is 10. The molecule has 2 N–H and O–H groups in total. The summed E-state index contributed by atoms with van der Waals surface area (Å²) in [7, 11) is 1.65. The highest BCUT2D eigenvalue weighted by Gasteiger charge is 2.26. The first-order valence-electron chi connectivity index (χ1n) is 13.6. The number of imidazole rings is 1. The molecule has 1 aromatic heterocycles. The van der Waals surface area contributed by atoms with E-state index < -0.39 is 6.04 Å². The van der Waals surface area contributed by atoms with Crippen molar-refractivity contribution in [2.45, 2.75) is 32.7 Å². The van der Waals surface area contributed by atoms with Crippen LogP contribution in [-0.4, -0.2) is 41.0 Å². The summed E-state index contributed by atoms with van der Waals surface area (Å²) in [6.07, 6.45) is 16.8. The standard InChI is InChI=1S/C33H36FN5O2/c1-5-7-9-25(6-2)31(37-28-16-14-27(34)15-17-28)33(40)38-32-26(10-8-19-35-32)13-11-24-12-18-29(30(20-24)41-4)39-21-23(3)36-22-39/h5-7,9,11-18,20-22,26,31,37H,2,8,10,19H2,1,3-4H3,(H,35,38,40)/b7-5-,13-11?,25-9+. The number of ether oxygens (including phenoxy) is 1. The molecule has 3 aromatic rings. The summed E-state index contributed by atoms with van der Waals surface area (Å²) < 4.78 is 21.1. The fourth-order valence-electron chi connectivity index (χ4n) is 4.58. The van der Waals surface area contributed by atoms with Gasteiger partial charge in [0.05, 0.1) is 24.8 Å². The van der Waals surface area contributed by atoms with Crippen LogP contribution in [0.15, 0.2) is 103 Å². The number of allylic oxidation sites excluding steroid dienone is 3. The fourth-order valence-corrected chi connectivity index (χ4v) is 4.58. The number of hydrogen-bond acceptors (Lipinski definition) is 5. The van der Waals surface area contributed by atoms with E-state index in [0.29, 0.717) is 23.6 Å². The molecule has 1 aliphatic rings. The largest absolute Gasteiger partial charge is 0.495 e. The molecule has 41 heavy (non-hydrogen) atoms. The lowest BCUT2D eigenvalue weighted by Crippen LogP contribution is -2.46. The molecule has 2 heterocycles. The zero-order valence-corrected chi connectivity index (χ0v) is 23.7. The molecule has 4 rings (SSSR count). The maximum Gasteiger partial charge on any atom is 0.252 e. The second-order valence-electron chi connectivity index (χ2n) is 9.70. The Morgan fingerprint density at radius 1 is 1.24 bits per heavy atom. The van der Waals surface area contributed by atoms with Crippen LogP contribution < -0.4 is 15.4 Å². The van der Waals surface area contributed by atoms with Crippen molar-refractivity contribution in [2.75, 3.05) is 19.0 Å². The number of amidine groups is 1. The Kier molecular flexibility index (Phi) is 10.0. The Labute approximate surface area is 240 Å². The molecule has 0 saturated heterocycles. The molecule has 0 aliphatic carbocycles. The van der Waals surface area contributed by atoms with E-state index in [1.807, 2.05) is 67.1 Å². The minimum Gasteiger partial charge on any atom is -0.495 e. The lowest BCUT2D eigenvalue weighted by atomic mass is 9.96. The van der Waals surface area contributed by atoms with Gasteiger partial charge in [-0.3, -0.25) is 9.79 Å². The van der Waals surface area contributed by atoms with Crippen LogP contribution in [0.3, 0.4) is 0 Å². The molecule has 0 fully saturated rings. The molecule has 0 spiro atoms. The van der Waals surface area contributed by atoms with Crippen molar-refractivity contribution in [2.24, 2.45) is 10.9 Å². The molecule has 0 saturated carbocycles. The van der Waals surface area contributed by atoms with Gasteiger partial charge < -0.3 is 19.9 Å². The van der Waals surface area contributed by atoms with Gasteiger partial charge in [-0.1, -0.05) is 49.1 Å². The van der Waals surface area contributed by atoms with Crippen LogP contribution in [0.4, 0.5) is 10.1 Å². The molecular formula is C33H36FN5O2. The van der Waals surface area contributed by atoms with Crippen LogP contribution in [0.25, 0.3) is 11.8 Å². The van der Waals surface area contributed by atoms with E-state index in [1.54, 1.807) is 31.6 Å². The molecule has 7 nitrogen and oxygen atoms in total. The van der Waals surface area contributed by atoms with Crippen molar-refractivity contribution in [3.63, 3.8) is 0 Å². The molecule has 0 bridgehead atoms. The number of amides is 1. The molecule has 2 atom stereocenters. The van der Waals surface area contributed by atoms with Gasteiger partial charge in [0.2, 0.25) is 0 Å². The van der Waals surface area contributed by atoms with Gasteiger partial charge in [0, 0.05) is 24.3 Å². The lowest BCUT2D eigenvalue weighted by molar-refractivity contribution is -0.119.